The largest absolute Gasteiger partial charge is 0.292 e. The molecule has 2 rings (SSSR count). The van der Waals surface area contributed by atoms with Crippen LogP contribution >= 0.6 is 27.5 Å². The second kappa shape index (κ2) is 4.76. The summed E-state index contributed by atoms with van der Waals surface area (Å²) in [6.07, 6.45) is 2.88. The molecule has 1 aromatic heterocycles. The van der Waals surface area contributed by atoms with Crippen LogP contribution in [-0.2, 0) is 6.54 Å². The molecule has 0 fully saturated rings. The molecule has 0 spiro atoms. The van der Waals surface area contributed by atoms with Gasteiger partial charge in [0.25, 0.3) is 0 Å². The SMILES string of the molecule is O=C(Cn1cncn1)c1ccc(Br)cc1Cl. The molecule has 82 valence electrons. The lowest BCUT2D eigenvalue weighted by Crippen LogP contribution is -2.11. The Morgan fingerprint density at radius 3 is 2.94 bits per heavy atom. The zero-order chi connectivity index (χ0) is 11.5. The molecule has 0 bridgehead atoms. The smallest absolute Gasteiger partial charge is 0.185 e. The number of aromatic nitrogens is 3. The van der Waals surface area contributed by atoms with Gasteiger partial charge in [-0.2, -0.15) is 5.10 Å². The molecule has 1 heterocycles. The number of halogens is 2. The first-order valence-corrected chi connectivity index (χ1v) is 5.64. The number of carbonyl (C=O) groups excluding carboxylic acids is 1. The summed E-state index contributed by atoms with van der Waals surface area (Å²) in [6, 6.07) is 5.16. The van der Waals surface area contributed by atoms with E-state index < -0.39 is 0 Å². The second-order valence-corrected chi connectivity index (χ2v) is 4.46. The lowest BCUT2D eigenvalue weighted by Gasteiger charge is -2.03. The minimum Gasteiger partial charge on any atom is -0.292 e. The molecule has 0 aliphatic carbocycles. The fraction of sp³-hybridized carbons (Fsp3) is 0.100. The van der Waals surface area contributed by atoms with Crippen molar-refractivity contribution in [3.8, 4) is 0 Å². The van der Waals surface area contributed by atoms with E-state index >= 15 is 0 Å². The summed E-state index contributed by atoms with van der Waals surface area (Å²) in [6.45, 7) is 0.140. The molecule has 0 N–H and O–H groups in total. The van der Waals surface area contributed by atoms with Crippen LogP contribution in [0.1, 0.15) is 10.4 Å². The van der Waals surface area contributed by atoms with Crippen LogP contribution in [0.25, 0.3) is 0 Å². The molecule has 0 unspecified atom stereocenters. The van der Waals surface area contributed by atoms with E-state index in [4.69, 9.17) is 11.6 Å². The number of rotatable bonds is 3. The molecule has 0 radical (unpaired) electrons. The third-order valence-electron chi connectivity index (χ3n) is 2.00. The zero-order valence-corrected chi connectivity index (χ0v) is 10.4. The Bertz CT molecular complexity index is 513. The lowest BCUT2D eigenvalue weighted by atomic mass is 10.1. The summed E-state index contributed by atoms with van der Waals surface area (Å²) in [5.41, 5.74) is 0.486. The predicted molar refractivity (Wildman–Crippen MR) is 63.5 cm³/mol. The van der Waals surface area contributed by atoms with Gasteiger partial charge in [-0.1, -0.05) is 27.5 Å². The molecule has 0 atom stereocenters. The van der Waals surface area contributed by atoms with Gasteiger partial charge < -0.3 is 0 Å². The van der Waals surface area contributed by atoms with Crippen molar-refractivity contribution >= 4 is 33.3 Å². The van der Waals surface area contributed by atoms with Crippen LogP contribution in [0.2, 0.25) is 5.02 Å². The maximum atomic E-state index is 11.9. The summed E-state index contributed by atoms with van der Waals surface area (Å²) in [5, 5.41) is 4.29. The Balaban J connectivity index is 2.21. The van der Waals surface area contributed by atoms with Gasteiger partial charge in [0, 0.05) is 10.0 Å². The van der Waals surface area contributed by atoms with E-state index in [2.05, 4.69) is 26.0 Å². The quantitative estimate of drug-likeness (QED) is 0.819. The number of carbonyl (C=O) groups is 1. The molecule has 0 saturated carbocycles. The molecule has 2 aromatic rings. The lowest BCUT2D eigenvalue weighted by molar-refractivity contribution is 0.0967. The Hall–Kier alpha value is -1.20. The van der Waals surface area contributed by atoms with Crippen LogP contribution in [0.15, 0.2) is 35.3 Å². The highest BCUT2D eigenvalue weighted by Gasteiger charge is 2.11. The molecule has 0 aliphatic heterocycles. The van der Waals surface area contributed by atoms with Gasteiger partial charge >= 0.3 is 0 Å². The normalized spacial score (nSPS) is 10.4. The van der Waals surface area contributed by atoms with Gasteiger partial charge in [-0.25, -0.2) is 9.67 Å². The predicted octanol–water partition coefficient (Wildman–Crippen LogP) is 2.58. The van der Waals surface area contributed by atoms with Crippen molar-refractivity contribution in [1.82, 2.24) is 14.8 Å². The number of ketones is 1. The first kappa shape index (κ1) is 11.3. The Labute approximate surface area is 105 Å². The number of hydrogen-bond donors (Lipinski definition) is 0. The third-order valence-corrected chi connectivity index (χ3v) is 2.81. The molecule has 0 amide bonds. The monoisotopic (exact) mass is 299 g/mol. The van der Waals surface area contributed by atoms with Crippen molar-refractivity contribution in [2.45, 2.75) is 6.54 Å². The molecule has 16 heavy (non-hydrogen) atoms. The van der Waals surface area contributed by atoms with Gasteiger partial charge in [0.05, 0.1) is 5.02 Å². The number of benzene rings is 1. The van der Waals surface area contributed by atoms with E-state index in [1.165, 1.54) is 17.3 Å². The van der Waals surface area contributed by atoms with Crippen molar-refractivity contribution in [3.63, 3.8) is 0 Å². The van der Waals surface area contributed by atoms with Crippen molar-refractivity contribution in [3.05, 3.63) is 45.9 Å². The highest BCUT2D eigenvalue weighted by atomic mass is 79.9. The van der Waals surface area contributed by atoms with Gasteiger partial charge in [0.15, 0.2) is 5.78 Å². The Kier molecular flexibility index (Phi) is 3.36. The van der Waals surface area contributed by atoms with Crippen LogP contribution in [0.4, 0.5) is 0 Å². The van der Waals surface area contributed by atoms with E-state index in [1.54, 1.807) is 18.2 Å². The highest BCUT2D eigenvalue weighted by molar-refractivity contribution is 9.10. The van der Waals surface area contributed by atoms with Gasteiger partial charge in [0.1, 0.15) is 19.2 Å². The molecule has 4 nitrogen and oxygen atoms in total. The first-order chi connectivity index (χ1) is 7.66. The van der Waals surface area contributed by atoms with Crippen molar-refractivity contribution < 1.29 is 4.79 Å². The summed E-state index contributed by atoms with van der Waals surface area (Å²) >= 11 is 9.25. The van der Waals surface area contributed by atoms with Crippen LogP contribution in [0.5, 0.6) is 0 Å². The van der Waals surface area contributed by atoms with E-state index in [0.29, 0.717) is 10.6 Å². The van der Waals surface area contributed by atoms with E-state index in [-0.39, 0.29) is 12.3 Å². The third kappa shape index (κ3) is 2.48. The average Bonchev–Trinajstić information content (AvgIpc) is 2.70. The van der Waals surface area contributed by atoms with Crippen LogP contribution in [0.3, 0.4) is 0 Å². The van der Waals surface area contributed by atoms with E-state index in [1.807, 2.05) is 0 Å². The summed E-state index contributed by atoms with van der Waals surface area (Å²) in [7, 11) is 0. The van der Waals surface area contributed by atoms with Gasteiger partial charge in [-0.3, -0.25) is 4.79 Å². The maximum absolute atomic E-state index is 11.9. The molecular formula is C10H7BrClN3O. The molecule has 0 saturated heterocycles. The Morgan fingerprint density at radius 2 is 2.31 bits per heavy atom. The van der Waals surface area contributed by atoms with E-state index in [0.717, 1.165) is 4.47 Å². The van der Waals surface area contributed by atoms with Crippen LogP contribution in [0, 0.1) is 0 Å². The molecular weight excluding hydrogens is 293 g/mol. The fourth-order valence-electron chi connectivity index (χ4n) is 1.26. The van der Waals surface area contributed by atoms with Crippen LogP contribution in [-0.4, -0.2) is 20.5 Å². The van der Waals surface area contributed by atoms with Gasteiger partial charge in [0.2, 0.25) is 0 Å². The first-order valence-electron chi connectivity index (χ1n) is 4.47. The number of nitrogens with zero attached hydrogens (tertiary/aromatic N) is 3. The summed E-state index contributed by atoms with van der Waals surface area (Å²) in [4.78, 5) is 15.6. The van der Waals surface area contributed by atoms with Gasteiger partial charge in [-0.05, 0) is 18.2 Å². The fourth-order valence-corrected chi connectivity index (χ4v) is 2.04. The minimum atomic E-state index is -0.0944. The zero-order valence-electron chi connectivity index (χ0n) is 8.10. The highest BCUT2D eigenvalue weighted by Crippen LogP contribution is 2.21. The van der Waals surface area contributed by atoms with Gasteiger partial charge in [-0.15, -0.1) is 0 Å². The number of Topliss-reactive ketones (excluding diaryl/α,β-unsaturated/α-hetero) is 1. The van der Waals surface area contributed by atoms with Crippen molar-refractivity contribution in [2.75, 3.05) is 0 Å². The van der Waals surface area contributed by atoms with E-state index in [9.17, 15) is 4.79 Å². The van der Waals surface area contributed by atoms with Crippen LogP contribution < -0.4 is 0 Å². The Morgan fingerprint density at radius 1 is 1.50 bits per heavy atom. The molecule has 1 aromatic carbocycles. The maximum Gasteiger partial charge on any atom is 0.185 e. The standard InChI is InChI=1S/C10H7BrClN3O/c11-7-1-2-8(9(12)3-7)10(16)4-15-6-13-5-14-15/h1-3,5-6H,4H2. The van der Waals surface area contributed by atoms with Crippen molar-refractivity contribution in [1.29, 1.82) is 0 Å². The topological polar surface area (TPSA) is 47.8 Å². The summed E-state index contributed by atoms with van der Waals surface area (Å²) in [5.74, 6) is -0.0944. The second-order valence-electron chi connectivity index (χ2n) is 3.14. The van der Waals surface area contributed by atoms with Crippen molar-refractivity contribution in [2.24, 2.45) is 0 Å². The average molecular weight is 301 g/mol. The minimum absolute atomic E-state index is 0.0944. The molecule has 0 aliphatic rings. The molecule has 6 heteroatoms. The summed E-state index contributed by atoms with van der Waals surface area (Å²) < 4.78 is 2.30. The number of hydrogen-bond acceptors (Lipinski definition) is 3.